The highest BCUT2D eigenvalue weighted by Crippen LogP contribution is 2.36. The number of nitrogens with zero attached hydrogens (tertiary/aromatic N) is 1. The lowest BCUT2D eigenvalue weighted by atomic mass is 10.2. The quantitative estimate of drug-likeness (QED) is 0.376. The molecule has 1 heterocycles. The zero-order chi connectivity index (χ0) is 22.0. The van der Waals surface area contributed by atoms with Gasteiger partial charge < -0.3 is 4.74 Å². The number of carbonyl (C=O) groups excluding carboxylic acids is 2. The Labute approximate surface area is 192 Å². The van der Waals surface area contributed by atoms with Crippen LogP contribution in [0.3, 0.4) is 0 Å². The number of rotatable bonds is 5. The van der Waals surface area contributed by atoms with E-state index >= 15 is 0 Å². The monoisotopic (exact) mass is 473 g/mol. The molecule has 1 fully saturated rings. The summed E-state index contributed by atoms with van der Waals surface area (Å²) in [5.74, 6) is -0.307. The second-order valence-electron chi connectivity index (χ2n) is 6.55. The molecule has 1 aliphatic rings. The lowest BCUT2D eigenvalue weighted by Crippen LogP contribution is -2.27. The molecule has 3 aromatic carbocycles. The predicted octanol–water partition coefficient (Wildman–Crippen LogP) is 6.95. The van der Waals surface area contributed by atoms with Crippen LogP contribution in [0.4, 0.5) is 14.9 Å². The molecular formula is C23H14Cl2FNO3S. The second-order valence-corrected chi connectivity index (χ2v) is 8.39. The van der Waals surface area contributed by atoms with Crippen molar-refractivity contribution in [3.63, 3.8) is 0 Å². The summed E-state index contributed by atoms with van der Waals surface area (Å²) >= 11 is 12.7. The normalized spacial score (nSPS) is 15.1. The van der Waals surface area contributed by atoms with Crippen molar-refractivity contribution >= 4 is 57.9 Å². The van der Waals surface area contributed by atoms with Gasteiger partial charge in [-0.05, 0) is 71.9 Å². The Morgan fingerprint density at radius 3 is 2.35 bits per heavy atom. The van der Waals surface area contributed by atoms with Crippen LogP contribution in [0.1, 0.15) is 11.1 Å². The third kappa shape index (κ3) is 4.77. The van der Waals surface area contributed by atoms with Crippen molar-refractivity contribution in [3.8, 4) is 5.75 Å². The molecule has 0 aliphatic carbocycles. The number of benzene rings is 3. The van der Waals surface area contributed by atoms with Crippen LogP contribution in [0.2, 0.25) is 10.0 Å². The number of hydrogen-bond acceptors (Lipinski definition) is 4. The van der Waals surface area contributed by atoms with Gasteiger partial charge in [0.05, 0.1) is 15.6 Å². The van der Waals surface area contributed by atoms with Gasteiger partial charge in [0.1, 0.15) is 18.2 Å². The number of thioether (sulfide) groups is 1. The van der Waals surface area contributed by atoms with Crippen molar-refractivity contribution in [3.05, 3.63) is 98.6 Å². The van der Waals surface area contributed by atoms with Gasteiger partial charge in [-0.2, -0.15) is 0 Å². The molecule has 0 bridgehead atoms. The molecule has 0 spiro atoms. The minimum Gasteiger partial charge on any atom is -0.489 e. The SMILES string of the molecule is O=C1S/C(=C/c2ccc(OCc3c(F)cccc3Cl)cc2)C(=O)N1c1ccc(Cl)cc1. The molecule has 31 heavy (non-hydrogen) atoms. The van der Waals surface area contributed by atoms with Crippen molar-refractivity contribution in [2.45, 2.75) is 6.61 Å². The molecule has 8 heteroatoms. The summed E-state index contributed by atoms with van der Waals surface area (Å²) in [5, 5.41) is 0.444. The molecular weight excluding hydrogens is 460 g/mol. The van der Waals surface area contributed by atoms with E-state index in [9.17, 15) is 14.0 Å². The number of imide groups is 1. The van der Waals surface area contributed by atoms with Gasteiger partial charge in [-0.15, -0.1) is 0 Å². The highest BCUT2D eigenvalue weighted by Gasteiger charge is 2.36. The van der Waals surface area contributed by atoms with Crippen molar-refractivity contribution < 1.29 is 18.7 Å². The van der Waals surface area contributed by atoms with E-state index in [2.05, 4.69) is 0 Å². The first-order valence-corrected chi connectivity index (χ1v) is 10.7. The summed E-state index contributed by atoms with van der Waals surface area (Å²) in [6, 6.07) is 17.8. The van der Waals surface area contributed by atoms with Crippen molar-refractivity contribution in [2.24, 2.45) is 0 Å². The fraction of sp³-hybridized carbons (Fsp3) is 0.0435. The Balaban J connectivity index is 1.46. The van der Waals surface area contributed by atoms with Gasteiger partial charge >= 0.3 is 0 Å². The van der Waals surface area contributed by atoms with Gasteiger partial charge in [-0.25, -0.2) is 9.29 Å². The van der Waals surface area contributed by atoms with Gasteiger partial charge in [-0.1, -0.05) is 41.4 Å². The third-order valence-electron chi connectivity index (χ3n) is 4.50. The molecule has 156 valence electrons. The first-order chi connectivity index (χ1) is 14.9. The van der Waals surface area contributed by atoms with E-state index < -0.39 is 11.7 Å². The average molecular weight is 474 g/mol. The maximum absolute atomic E-state index is 13.8. The Morgan fingerprint density at radius 1 is 0.968 bits per heavy atom. The van der Waals surface area contributed by atoms with Gasteiger partial charge in [0.25, 0.3) is 11.1 Å². The van der Waals surface area contributed by atoms with Gasteiger partial charge in [0.2, 0.25) is 0 Å². The van der Waals surface area contributed by atoms with E-state index in [-0.39, 0.29) is 17.4 Å². The van der Waals surface area contributed by atoms with E-state index in [0.717, 1.165) is 22.2 Å². The summed E-state index contributed by atoms with van der Waals surface area (Å²) in [4.78, 5) is 26.5. The Morgan fingerprint density at radius 2 is 1.68 bits per heavy atom. The van der Waals surface area contributed by atoms with Crippen LogP contribution in [0.15, 0.2) is 71.6 Å². The summed E-state index contributed by atoms with van der Waals surface area (Å²) in [6.07, 6.45) is 1.64. The molecule has 0 aromatic heterocycles. The van der Waals surface area contributed by atoms with Crippen LogP contribution in [-0.2, 0) is 11.4 Å². The maximum atomic E-state index is 13.8. The van der Waals surface area contributed by atoms with Crippen LogP contribution in [0.25, 0.3) is 6.08 Å². The molecule has 4 rings (SSSR count). The van der Waals surface area contributed by atoms with Crippen molar-refractivity contribution in [2.75, 3.05) is 4.90 Å². The zero-order valence-electron chi connectivity index (χ0n) is 15.8. The van der Waals surface area contributed by atoms with E-state index in [1.807, 2.05) is 0 Å². The van der Waals surface area contributed by atoms with Crippen LogP contribution in [-0.4, -0.2) is 11.1 Å². The molecule has 0 radical (unpaired) electrons. The van der Waals surface area contributed by atoms with Crippen LogP contribution in [0.5, 0.6) is 5.75 Å². The molecule has 3 aromatic rings. The lowest BCUT2D eigenvalue weighted by Gasteiger charge is -2.12. The Kier molecular flexibility index (Phi) is 6.32. The fourth-order valence-electron chi connectivity index (χ4n) is 2.92. The summed E-state index contributed by atoms with van der Waals surface area (Å²) < 4.78 is 19.5. The number of amides is 2. The summed E-state index contributed by atoms with van der Waals surface area (Å²) in [7, 11) is 0. The van der Waals surface area contributed by atoms with E-state index in [1.54, 1.807) is 60.7 Å². The predicted molar refractivity (Wildman–Crippen MR) is 122 cm³/mol. The second kappa shape index (κ2) is 9.14. The zero-order valence-corrected chi connectivity index (χ0v) is 18.2. The Hall–Kier alpha value is -2.80. The molecule has 1 aliphatic heterocycles. The molecule has 1 saturated heterocycles. The molecule has 0 N–H and O–H groups in total. The first kappa shape index (κ1) is 21.4. The number of anilines is 1. The van der Waals surface area contributed by atoms with Crippen molar-refractivity contribution in [1.82, 2.24) is 0 Å². The minimum atomic E-state index is -0.430. The molecule has 0 unspecified atom stereocenters. The number of halogens is 3. The average Bonchev–Trinajstić information content (AvgIpc) is 3.02. The molecule has 2 amide bonds. The molecule has 4 nitrogen and oxygen atoms in total. The van der Waals surface area contributed by atoms with Crippen LogP contribution in [0, 0.1) is 5.82 Å². The minimum absolute atomic E-state index is 0.00909. The van der Waals surface area contributed by atoms with Crippen LogP contribution < -0.4 is 9.64 Å². The highest BCUT2D eigenvalue weighted by atomic mass is 35.5. The lowest BCUT2D eigenvalue weighted by molar-refractivity contribution is -0.113. The smallest absolute Gasteiger partial charge is 0.298 e. The number of hydrogen-bond donors (Lipinski definition) is 0. The summed E-state index contributed by atoms with van der Waals surface area (Å²) in [6.45, 7) is -0.00909. The third-order valence-corrected chi connectivity index (χ3v) is 5.98. The maximum Gasteiger partial charge on any atom is 0.298 e. The van der Waals surface area contributed by atoms with Crippen molar-refractivity contribution in [1.29, 1.82) is 0 Å². The first-order valence-electron chi connectivity index (χ1n) is 9.11. The van der Waals surface area contributed by atoms with Gasteiger partial charge in [0.15, 0.2) is 0 Å². The van der Waals surface area contributed by atoms with Crippen LogP contribution >= 0.6 is 35.0 Å². The number of ether oxygens (including phenoxy) is 1. The molecule has 0 atom stereocenters. The standard InChI is InChI=1S/C23H14Cl2FNO3S/c24-15-6-8-16(9-7-15)27-22(28)21(31-23(27)29)12-14-4-10-17(11-5-14)30-13-18-19(25)2-1-3-20(18)26/h1-12H,13H2/b21-12+. The fourth-order valence-corrected chi connectivity index (χ4v) is 4.10. The molecule has 0 saturated carbocycles. The van der Waals surface area contributed by atoms with E-state index in [0.29, 0.717) is 26.4 Å². The van der Waals surface area contributed by atoms with Gasteiger partial charge in [-0.3, -0.25) is 9.59 Å². The summed E-state index contributed by atoms with van der Waals surface area (Å²) in [5.41, 5.74) is 1.47. The number of carbonyl (C=O) groups is 2. The van der Waals surface area contributed by atoms with Gasteiger partial charge in [0, 0.05) is 10.6 Å². The van der Waals surface area contributed by atoms with E-state index in [4.69, 9.17) is 27.9 Å². The topological polar surface area (TPSA) is 46.6 Å². The van der Waals surface area contributed by atoms with E-state index in [1.165, 1.54) is 12.1 Å². The Bertz CT molecular complexity index is 1160. The largest absolute Gasteiger partial charge is 0.489 e. The highest BCUT2D eigenvalue weighted by molar-refractivity contribution is 8.19.